The fourth-order valence-corrected chi connectivity index (χ4v) is 1.82. The predicted octanol–water partition coefficient (Wildman–Crippen LogP) is 3.13. The standard InChI is InChI=1S/C11H16OSi/c1-4-5-13-12-11-7-9(2)6-10(3)8-11/h6-8H,4-5H2,1-3H3. The second-order valence-electron chi connectivity index (χ2n) is 3.32. The first-order valence-electron chi connectivity index (χ1n) is 4.70. The summed E-state index contributed by atoms with van der Waals surface area (Å²) in [5.41, 5.74) is 2.55. The summed E-state index contributed by atoms with van der Waals surface area (Å²) in [7, 11) is 0.602. The molecule has 2 heteroatoms. The van der Waals surface area contributed by atoms with Crippen molar-refractivity contribution in [3.05, 3.63) is 29.3 Å². The zero-order valence-electron chi connectivity index (χ0n) is 8.55. The van der Waals surface area contributed by atoms with E-state index in [0.29, 0.717) is 9.76 Å². The van der Waals surface area contributed by atoms with Crippen LogP contribution >= 0.6 is 0 Å². The molecule has 1 nitrogen and oxygen atoms in total. The average Bonchev–Trinajstić information content (AvgIpc) is 2.03. The van der Waals surface area contributed by atoms with Crippen molar-refractivity contribution < 1.29 is 4.43 Å². The minimum Gasteiger partial charge on any atom is -0.541 e. The highest BCUT2D eigenvalue weighted by Crippen LogP contribution is 2.15. The molecule has 1 aromatic carbocycles. The van der Waals surface area contributed by atoms with Gasteiger partial charge >= 0.3 is 9.76 Å². The van der Waals surface area contributed by atoms with Crippen LogP contribution in [0.4, 0.5) is 0 Å². The first kappa shape index (κ1) is 10.3. The zero-order valence-corrected chi connectivity index (χ0v) is 9.55. The third-order valence-corrected chi connectivity index (χ3v) is 2.82. The van der Waals surface area contributed by atoms with E-state index in [1.807, 2.05) is 0 Å². The molecule has 0 saturated carbocycles. The number of aryl methyl sites for hydroxylation is 2. The van der Waals surface area contributed by atoms with Crippen LogP contribution in [0.3, 0.4) is 0 Å². The van der Waals surface area contributed by atoms with Gasteiger partial charge < -0.3 is 4.43 Å². The molecule has 0 spiro atoms. The zero-order chi connectivity index (χ0) is 9.68. The molecule has 13 heavy (non-hydrogen) atoms. The van der Waals surface area contributed by atoms with Gasteiger partial charge in [0, 0.05) is 0 Å². The van der Waals surface area contributed by atoms with Crippen LogP contribution < -0.4 is 4.43 Å². The number of rotatable bonds is 4. The Morgan fingerprint density at radius 2 is 1.77 bits per heavy atom. The number of benzene rings is 1. The lowest BCUT2D eigenvalue weighted by atomic mass is 10.1. The van der Waals surface area contributed by atoms with Crippen molar-refractivity contribution in [3.63, 3.8) is 0 Å². The second-order valence-corrected chi connectivity index (χ2v) is 4.31. The normalized spacial score (nSPS) is 10.1. The molecule has 2 radical (unpaired) electrons. The van der Waals surface area contributed by atoms with Crippen molar-refractivity contribution >= 4 is 9.76 Å². The molecule has 1 aromatic rings. The maximum Gasteiger partial charge on any atom is 0.310 e. The lowest BCUT2D eigenvalue weighted by molar-refractivity contribution is 0.589. The maximum absolute atomic E-state index is 5.64. The SMILES string of the molecule is CCC[Si]Oc1cc(C)cc(C)c1. The minimum atomic E-state index is 0.602. The van der Waals surface area contributed by atoms with Crippen molar-refractivity contribution in [1.29, 1.82) is 0 Å². The molecule has 0 aromatic heterocycles. The Balaban J connectivity index is 2.56. The van der Waals surface area contributed by atoms with E-state index in [0.717, 1.165) is 11.8 Å². The van der Waals surface area contributed by atoms with Crippen LogP contribution in [0.25, 0.3) is 0 Å². The van der Waals surface area contributed by atoms with Gasteiger partial charge in [0.15, 0.2) is 0 Å². The van der Waals surface area contributed by atoms with Gasteiger partial charge in [0.1, 0.15) is 5.75 Å². The van der Waals surface area contributed by atoms with E-state index in [2.05, 4.69) is 39.0 Å². The highest BCUT2D eigenvalue weighted by molar-refractivity contribution is 6.28. The van der Waals surface area contributed by atoms with Crippen LogP contribution in [-0.2, 0) is 0 Å². The van der Waals surface area contributed by atoms with Crippen LogP contribution in [0.5, 0.6) is 5.75 Å². The molecule has 1 rings (SSSR count). The van der Waals surface area contributed by atoms with Gasteiger partial charge in [-0.25, -0.2) is 0 Å². The van der Waals surface area contributed by atoms with Gasteiger partial charge in [-0.15, -0.1) is 0 Å². The summed E-state index contributed by atoms with van der Waals surface area (Å²) in [6, 6.07) is 7.51. The van der Waals surface area contributed by atoms with E-state index in [-0.39, 0.29) is 0 Å². The summed E-state index contributed by atoms with van der Waals surface area (Å²) in [6.07, 6.45) is 1.20. The molecule has 0 aliphatic heterocycles. The predicted molar refractivity (Wildman–Crippen MR) is 57.4 cm³/mol. The fraction of sp³-hybridized carbons (Fsp3) is 0.455. The molecule has 0 bridgehead atoms. The Morgan fingerprint density at radius 1 is 1.15 bits per heavy atom. The Bertz CT molecular complexity index is 251. The Hall–Kier alpha value is -0.763. The van der Waals surface area contributed by atoms with E-state index in [1.165, 1.54) is 17.5 Å². The van der Waals surface area contributed by atoms with Gasteiger partial charge in [0.05, 0.1) is 0 Å². The first-order chi connectivity index (χ1) is 6.22. The molecule has 0 aliphatic carbocycles. The molecule has 0 aliphatic rings. The molecule has 0 atom stereocenters. The smallest absolute Gasteiger partial charge is 0.310 e. The van der Waals surface area contributed by atoms with Crippen molar-refractivity contribution in [1.82, 2.24) is 0 Å². The summed E-state index contributed by atoms with van der Waals surface area (Å²) >= 11 is 0. The summed E-state index contributed by atoms with van der Waals surface area (Å²) in [5.74, 6) is 1.02. The molecule has 0 heterocycles. The van der Waals surface area contributed by atoms with E-state index in [1.54, 1.807) is 0 Å². The summed E-state index contributed by atoms with van der Waals surface area (Å²) in [4.78, 5) is 0. The largest absolute Gasteiger partial charge is 0.541 e. The molecular weight excluding hydrogens is 176 g/mol. The monoisotopic (exact) mass is 192 g/mol. The van der Waals surface area contributed by atoms with Crippen molar-refractivity contribution in [3.8, 4) is 5.75 Å². The second kappa shape index (κ2) is 5.07. The topological polar surface area (TPSA) is 9.23 Å². The van der Waals surface area contributed by atoms with Crippen LogP contribution in [0, 0.1) is 13.8 Å². The van der Waals surface area contributed by atoms with Crippen molar-refractivity contribution in [2.24, 2.45) is 0 Å². The third kappa shape index (κ3) is 3.64. The van der Waals surface area contributed by atoms with E-state index < -0.39 is 0 Å². The maximum atomic E-state index is 5.64. The van der Waals surface area contributed by atoms with Gasteiger partial charge in [-0.2, -0.15) is 0 Å². The third-order valence-electron chi connectivity index (χ3n) is 1.74. The fourth-order valence-electron chi connectivity index (χ4n) is 1.23. The molecule has 0 amide bonds. The van der Waals surface area contributed by atoms with Gasteiger partial charge in [0.25, 0.3) is 0 Å². The Labute approximate surface area is 83.1 Å². The Kier molecular flexibility index (Phi) is 4.03. The Morgan fingerprint density at radius 3 is 2.31 bits per heavy atom. The lowest BCUT2D eigenvalue weighted by Gasteiger charge is -2.06. The van der Waals surface area contributed by atoms with Gasteiger partial charge in [0.2, 0.25) is 0 Å². The van der Waals surface area contributed by atoms with Gasteiger partial charge in [-0.3, -0.25) is 0 Å². The first-order valence-corrected chi connectivity index (χ1v) is 5.82. The molecule has 70 valence electrons. The van der Waals surface area contributed by atoms with Gasteiger partial charge in [-0.05, 0) is 43.2 Å². The molecule has 0 fully saturated rings. The molecule has 0 unspecified atom stereocenters. The van der Waals surface area contributed by atoms with E-state index in [4.69, 9.17) is 4.43 Å². The highest BCUT2D eigenvalue weighted by Gasteiger charge is 1.97. The van der Waals surface area contributed by atoms with Crippen LogP contribution in [0.1, 0.15) is 24.5 Å². The molecular formula is C11H16OSi. The van der Waals surface area contributed by atoms with Crippen LogP contribution in [-0.4, -0.2) is 9.76 Å². The minimum absolute atomic E-state index is 0.602. The summed E-state index contributed by atoms with van der Waals surface area (Å²) in [6.45, 7) is 6.38. The van der Waals surface area contributed by atoms with E-state index >= 15 is 0 Å². The van der Waals surface area contributed by atoms with Crippen LogP contribution in [0.2, 0.25) is 6.04 Å². The van der Waals surface area contributed by atoms with Crippen molar-refractivity contribution in [2.75, 3.05) is 0 Å². The average molecular weight is 192 g/mol. The summed E-state index contributed by atoms with van der Waals surface area (Å²) < 4.78 is 5.64. The van der Waals surface area contributed by atoms with Crippen molar-refractivity contribution in [2.45, 2.75) is 33.2 Å². The quantitative estimate of drug-likeness (QED) is 0.526. The van der Waals surface area contributed by atoms with Crippen LogP contribution in [0.15, 0.2) is 18.2 Å². The number of hydrogen-bond acceptors (Lipinski definition) is 1. The summed E-state index contributed by atoms with van der Waals surface area (Å²) in [5, 5.41) is 0. The van der Waals surface area contributed by atoms with E-state index in [9.17, 15) is 0 Å². The molecule has 0 saturated heterocycles. The molecule has 0 N–H and O–H groups in total. The van der Waals surface area contributed by atoms with Gasteiger partial charge in [-0.1, -0.05) is 19.4 Å². The lowest BCUT2D eigenvalue weighted by Crippen LogP contribution is -2.00. The number of hydrogen-bond donors (Lipinski definition) is 0. The highest BCUT2D eigenvalue weighted by atomic mass is 28.2.